The highest BCUT2D eigenvalue weighted by atomic mass is 15.1. The lowest BCUT2D eigenvalue weighted by molar-refractivity contribution is 1.18. The van der Waals surface area contributed by atoms with Crippen LogP contribution in [0.3, 0.4) is 0 Å². The first-order chi connectivity index (χ1) is 27.8. The number of benzene rings is 9. The number of fused-ring (bicyclic) bond motifs is 3. The third-order valence-electron chi connectivity index (χ3n) is 10.8. The van der Waals surface area contributed by atoms with E-state index in [4.69, 9.17) is 0 Å². The molecule has 0 aliphatic heterocycles. The van der Waals surface area contributed by atoms with Crippen molar-refractivity contribution >= 4 is 38.9 Å². The van der Waals surface area contributed by atoms with Gasteiger partial charge in [-0.2, -0.15) is 0 Å². The van der Waals surface area contributed by atoms with E-state index in [1.54, 1.807) is 0 Å². The third-order valence-corrected chi connectivity index (χ3v) is 10.8. The smallest absolute Gasteiger partial charge is 0.0541 e. The zero-order valence-corrected chi connectivity index (χ0v) is 30.8. The molecule has 0 fully saturated rings. The SMILES string of the molecule is c1ccc(-c2cccc(N(c3ccc(-c4cccc(-n5c6ccccc6c6ccccc65)c4)cc3)c3ccc(-c4ccccc4)cc3-c3ccccc3)c2)cc1. The molecule has 10 aromatic rings. The molecular weight excluding hydrogens is 677 g/mol. The van der Waals surface area contributed by atoms with Gasteiger partial charge in [0.05, 0.1) is 16.7 Å². The molecule has 1 heterocycles. The molecule has 2 nitrogen and oxygen atoms in total. The maximum Gasteiger partial charge on any atom is 0.0541 e. The van der Waals surface area contributed by atoms with E-state index in [-0.39, 0.29) is 0 Å². The summed E-state index contributed by atoms with van der Waals surface area (Å²) in [5, 5.41) is 2.53. The van der Waals surface area contributed by atoms with Crippen LogP contribution < -0.4 is 4.90 Å². The van der Waals surface area contributed by atoms with Crippen molar-refractivity contribution < 1.29 is 0 Å². The molecule has 10 rings (SSSR count). The van der Waals surface area contributed by atoms with Crippen molar-refractivity contribution in [1.82, 2.24) is 4.57 Å². The molecule has 0 N–H and O–H groups in total. The van der Waals surface area contributed by atoms with Crippen LogP contribution in [-0.2, 0) is 0 Å². The molecule has 0 amide bonds. The number of anilines is 3. The molecule has 56 heavy (non-hydrogen) atoms. The van der Waals surface area contributed by atoms with E-state index in [0.717, 1.165) is 28.3 Å². The second kappa shape index (κ2) is 14.4. The van der Waals surface area contributed by atoms with Gasteiger partial charge in [-0.15, -0.1) is 0 Å². The molecule has 0 atom stereocenters. The number of hydrogen-bond acceptors (Lipinski definition) is 1. The van der Waals surface area contributed by atoms with Gasteiger partial charge in [-0.25, -0.2) is 0 Å². The lowest BCUT2D eigenvalue weighted by Gasteiger charge is -2.29. The second-order valence-corrected chi connectivity index (χ2v) is 14.2. The minimum Gasteiger partial charge on any atom is -0.310 e. The summed E-state index contributed by atoms with van der Waals surface area (Å²) < 4.78 is 2.38. The van der Waals surface area contributed by atoms with Crippen molar-refractivity contribution in [2.45, 2.75) is 0 Å². The quantitative estimate of drug-likeness (QED) is 0.152. The van der Waals surface area contributed by atoms with Crippen LogP contribution >= 0.6 is 0 Å². The van der Waals surface area contributed by atoms with Gasteiger partial charge in [-0.3, -0.25) is 0 Å². The van der Waals surface area contributed by atoms with Crippen LogP contribution in [0.25, 0.3) is 72.0 Å². The highest BCUT2D eigenvalue weighted by molar-refractivity contribution is 6.09. The molecule has 0 unspecified atom stereocenters. The zero-order valence-electron chi connectivity index (χ0n) is 30.8. The lowest BCUT2D eigenvalue weighted by Crippen LogP contribution is -2.11. The van der Waals surface area contributed by atoms with E-state index in [1.165, 1.54) is 60.8 Å². The Morgan fingerprint density at radius 2 is 0.750 bits per heavy atom. The van der Waals surface area contributed by atoms with E-state index in [9.17, 15) is 0 Å². The number of rotatable bonds is 8. The summed E-state index contributed by atoms with van der Waals surface area (Å²) in [5.41, 5.74) is 16.3. The van der Waals surface area contributed by atoms with Crippen molar-refractivity contribution in [3.63, 3.8) is 0 Å². The van der Waals surface area contributed by atoms with Crippen LogP contribution in [0.4, 0.5) is 17.1 Å². The van der Waals surface area contributed by atoms with Crippen LogP contribution in [0.1, 0.15) is 0 Å². The van der Waals surface area contributed by atoms with Crippen LogP contribution in [0.15, 0.2) is 231 Å². The third kappa shape index (κ3) is 6.14. The maximum atomic E-state index is 2.40. The Balaban J connectivity index is 1.11. The normalized spacial score (nSPS) is 11.2. The molecular formula is C54H38N2. The minimum absolute atomic E-state index is 1.09. The fourth-order valence-corrected chi connectivity index (χ4v) is 8.10. The Morgan fingerprint density at radius 1 is 0.286 bits per heavy atom. The fourth-order valence-electron chi connectivity index (χ4n) is 8.10. The summed E-state index contributed by atoms with van der Waals surface area (Å²) >= 11 is 0. The van der Waals surface area contributed by atoms with Gasteiger partial charge in [-0.1, -0.05) is 170 Å². The van der Waals surface area contributed by atoms with Gasteiger partial charge in [-0.05, 0) is 99.6 Å². The van der Waals surface area contributed by atoms with Gasteiger partial charge < -0.3 is 9.47 Å². The standard InChI is InChI=1S/C54H38N2/c1-4-16-39(17-5-1)43-22-14-24-47(36-43)55(54-35-32-45(40-18-6-2-7-19-40)38-51(54)42-20-8-3-9-21-42)46-33-30-41(31-34-46)44-23-15-25-48(37-44)56-52-28-12-10-26-49(52)50-27-11-13-29-53(50)56/h1-38H. The molecule has 0 saturated carbocycles. The fraction of sp³-hybridized carbons (Fsp3) is 0. The van der Waals surface area contributed by atoms with Crippen molar-refractivity contribution in [2.24, 2.45) is 0 Å². The molecule has 0 aliphatic carbocycles. The molecule has 9 aromatic carbocycles. The molecule has 0 spiro atoms. The molecule has 1 aromatic heterocycles. The summed E-state index contributed by atoms with van der Waals surface area (Å²) in [5.74, 6) is 0. The Labute approximate surface area is 327 Å². The Kier molecular flexibility index (Phi) is 8.55. The van der Waals surface area contributed by atoms with Crippen molar-refractivity contribution in [2.75, 3.05) is 4.90 Å². The van der Waals surface area contributed by atoms with E-state index >= 15 is 0 Å². The first-order valence-electron chi connectivity index (χ1n) is 19.2. The number of aromatic nitrogens is 1. The molecule has 264 valence electrons. The van der Waals surface area contributed by atoms with Crippen LogP contribution in [0, 0.1) is 0 Å². The van der Waals surface area contributed by atoms with Gasteiger partial charge in [0.25, 0.3) is 0 Å². The summed E-state index contributed by atoms with van der Waals surface area (Å²) in [6.45, 7) is 0. The zero-order chi connectivity index (χ0) is 37.3. The Bertz CT molecular complexity index is 2890. The lowest BCUT2D eigenvalue weighted by atomic mass is 9.95. The average Bonchev–Trinajstić information content (AvgIpc) is 3.62. The molecule has 2 heteroatoms. The molecule has 0 aliphatic rings. The first kappa shape index (κ1) is 33.2. The summed E-state index contributed by atoms with van der Waals surface area (Å²) in [6.07, 6.45) is 0. The van der Waals surface area contributed by atoms with E-state index in [1.807, 2.05) is 0 Å². The van der Waals surface area contributed by atoms with Crippen LogP contribution in [0.2, 0.25) is 0 Å². The highest BCUT2D eigenvalue weighted by Crippen LogP contribution is 2.44. The predicted molar refractivity (Wildman–Crippen MR) is 237 cm³/mol. The maximum absolute atomic E-state index is 2.40. The first-order valence-corrected chi connectivity index (χ1v) is 19.2. The number of hydrogen-bond donors (Lipinski definition) is 0. The topological polar surface area (TPSA) is 8.17 Å². The largest absolute Gasteiger partial charge is 0.310 e. The van der Waals surface area contributed by atoms with E-state index < -0.39 is 0 Å². The minimum atomic E-state index is 1.09. The molecule has 0 bridgehead atoms. The Hall–Kier alpha value is -7.42. The van der Waals surface area contributed by atoms with E-state index in [2.05, 4.69) is 240 Å². The van der Waals surface area contributed by atoms with Gasteiger partial charge in [0.15, 0.2) is 0 Å². The average molecular weight is 715 g/mol. The van der Waals surface area contributed by atoms with Crippen LogP contribution in [0.5, 0.6) is 0 Å². The summed E-state index contributed by atoms with van der Waals surface area (Å²) in [7, 11) is 0. The highest BCUT2D eigenvalue weighted by Gasteiger charge is 2.20. The van der Waals surface area contributed by atoms with Gasteiger partial charge >= 0.3 is 0 Å². The van der Waals surface area contributed by atoms with Crippen molar-refractivity contribution in [3.8, 4) is 50.2 Å². The monoisotopic (exact) mass is 714 g/mol. The molecule has 0 radical (unpaired) electrons. The van der Waals surface area contributed by atoms with Gasteiger partial charge in [0.2, 0.25) is 0 Å². The molecule has 0 saturated heterocycles. The van der Waals surface area contributed by atoms with Crippen molar-refractivity contribution in [1.29, 1.82) is 0 Å². The Morgan fingerprint density at radius 3 is 1.38 bits per heavy atom. The van der Waals surface area contributed by atoms with Crippen LogP contribution in [-0.4, -0.2) is 4.57 Å². The summed E-state index contributed by atoms with van der Waals surface area (Å²) in [6, 6.07) is 83.1. The number of para-hydroxylation sites is 2. The predicted octanol–water partition coefficient (Wildman–Crippen LogP) is 14.9. The second-order valence-electron chi connectivity index (χ2n) is 14.2. The summed E-state index contributed by atoms with van der Waals surface area (Å²) in [4.78, 5) is 2.40. The van der Waals surface area contributed by atoms with Crippen molar-refractivity contribution in [3.05, 3.63) is 231 Å². The van der Waals surface area contributed by atoms with Gasteiger partial charge in [0.1, 0.15) is 0 Å². The van der Waals surface area contributed by atoms with E-state index in [0.29, 0.717) is 0 Å². The van der Waals surface area contributed by atoms with Gasteiger partial charge in [0, 0.05) is 33.4 Å². The number of nitrogens with zero attached hydrogens (tertiary/aromatic N) is 2.